The molecule has 1 aliphatic rings. The molecule has 3 rings (SSSR count). The van der Waals surface area contributed by atoms with Crippen molar-refractivity contribution in [3.05, 3.63) is 53.6 Å². The zero-order chi connectivity index (χ0) is 25.4. The summed E-state index contributed by atoms with van der Waals surface area (Å²) in [4.78, 5) is 43.7. The number of hydrogen-bond donors (Lipinski definition) is 2. The van der Waals surface area contributed by atoms with Crippen LogP contribution in [-0.4, -0.2) is 80.6 Å². The van der Waals surface area contributed by atoms with Gasteiger partial charge in [-0.05, 0) is 51.1 Å². The van der Waals surface area contributed by atoms with Crippen molar-refractivity contribution in [3.8, 4) is 0 Å². The van der Waals surface area contributed by atoms with Gasteiger partial charge >= 0.3 is 6.03 Å². The van der Waals surface area contributed by atoms with E-state index in [4.69, 9.17) is 4.74 Å². The number of hydrogen-bond acceptors (Lipinski definition) is 5. The highest BCUT2D eigenvalue weighted by Crippen LogP contribution is 2.27. The minimum atomic E-state index is -0.283. The third-order valence-electron chi connectivity index (χ3n) is 6.05. The average Bonchev–Trinajstić information content (AvgIpc) is 2.86. The molecule has 188 valence electrons. The summed E-state index contributed by atoms with van der Waals surface area (Å²) in [5.74, 6) is -0.373. The zero-order valence-electron chi connectivity index (χ0n) is 21.0. The van der Waals surface area contributed by atoms with Crippen LogP contribution in [0.15, 0.2) is 42.5 Å². The molecule has 2 N–H and O–H groups in total. The van der Waals surface area contributed by atoms with Crippen molar-refractivity contribution in [2.75, 3.05) is 68.5 Å². The fraction of sp³-hybridized carbons (Fsp3) is 0.423. The van der Waals surface area contributed by atoms with Crippen molar-refractivity contribution in [3.63, 3.8) is 0 Å². The van der Waals surface area contributed by atoms with Crippen molar-refractivity contribution >= 4 is 34.9 Å². The normalized spacial score (nSPS) is 13.4. The molecule has 35 heavy (non-hydrogen) atoms. The minimum absolute atomic E-state index is 0.0618. The Bertz CT molecular complexity index is 1030. The lowest BCUT2D eigenvalue weighted by Crippen LogP contribution is -2.50. The zero-order valence-corrected chi connectivity index (χ0v) is 21.0. The van der Waals surface area contributed by atoms with Gasteiger partial charge in [-0.25, -0.2) is 4.79 Å². The SMILES string of the molecule is CCN(CC)C(=O)c1cc(NC(=O)COC)ccc1N1CCN(C(=O)Nc2ccc(C)cc2)CC1. The number of nitrogens with one attached hydrogen (secondary N) is 2. The summed E-state index contributed by atoms with van der Waals surface area (Å²) in [7, 11) is 1.46. The number of carbonyl (C=O) groups is 3. The maximum Gasteiger partial charge on any atom is 0.321 e. The highest BCUT2D eigenvalue weighted by atomic mass is 16.5. The second-order valence-corrected chi connectivity index (χ2v) is 8.46. The van der Waals surface area contributed by atoms with Crippen LogP contribution in [0.2, 0.25) is 0 Å². The van der Waals surface area contributed by atoms with E-state index in [0.29, 0.717) is 50.5 Å². The predicted molar refractivity (Wildman–Crippen MR) is 138 cm³/mol. The van der Waals surface area contributed by atoms with Crippen LogP contribution in [0.5, 0.6) is 0 Å². The summed E-state index contributed by atoms with van der Waals surface area (Å²) < 4.78 is 4.88. The Balaban J connectivity index is 1.74. The molecule has 1 heterocycles. The quantitative estimate of drug-likeness (QED) is 0.603. The molecule has 0 aromatic heterocycles. The Morgan fingerprint density at radius 1 is 0.914 bits per heavy atom. The van der Waals surface area contributed by atoms with E-state index in [-0.39, 0.29) is 24.5 Å². The number of anilines is 3. The molecular formula is C26H35N5O4. The topological polar surface area (TPSA) is 94.2 Å². The molecular weight excluding hydrogens is 446 g/mol. The van der Waals surface area contributed by atoms with Gasteiger partial charge in [-0.2, -0.15) is 0 Å². The van der Waals surface area contributed by atoms with Gasteiger partial charge in [0.1, 0.15) is 6.61 Å². The van der Waals surface area contributed by atoms with E-state index in [9.17, 15) is 14.4 Å². The van der Waals surface area contributed by atoms with E-state index in [1.165, 1.54) is 7.11 Å². The Labute approximate surface area is 207 Å². The fourth-order valence-electron chi connectivity index (χ4n) is 4.06. The Morgan fingerprint density at radius 2 is 1.54 bits per heavy atom. The van der Waals surface area contributed by atoms with Gasteiger partial charge in [-0.15, -0.1) is 0 Å². The summed E-state index contributed by atoms with van der Waals surface area (Å²) in [6.45, 7) is 9.24. The Morgan fingerprint density at radius 3 is 2.14 bits per heavy atom. The van der Waals surface area contributed by atoms with Crippen LogP contribution in [0.4, 0.5) is 21.9 Å². The van der Waals surface area contributed by atoms with Crippen molar-refractivity contribution in [1.82, 2.24) is 9.80 Å². The molecule has 4 amide bonds. The molecule has 0 unspecified atom stereocenters. The van der Waals surface area contributed by atoms with Gasteiger partial charge in [0.15, 0.2) is 0 Å². The molecule has 9 nitrogen and oxygen atoms in total. The lowest BCUT2D eigenvalue weighted by Gasteiger charge is -2.37. The van der Waals surface area contributed by atoms with Gasteiger partial charge in [0.2, 0.25) is 5.91 Å². The number of ether oxygens (including phenoxy) is 1. The molecule has 1 saturated heterocycles. The largest absolute Gasteiger partial charge is 0.375 e. The third-order valence-corrected chi connectivity index (χ3v) is 6.05. The van der Waals surface area contributed by atoms with Gasteiger partial charge in [-0.3, -0.25) is 9.59 Å². The number of benzene rings is 2. The summed E-state index contributed by atoms with van der Waals surface area (Å²) in [6, 6.07) is 12.9. The van der Waals surface area contributed by atoms with E-state index in [1.807, 2.05) is 51.1 Å². The first-order valence-electron chi connectivity index (χ1n) is 12.0. The molecule has 0 bridgehead atoms. The van der Waals surface area contributed by atoms with Gasteiger partial charge < -0.3 is 30.1 Å². The van der Waals surface area contributed by atoms with Crippen molar-refractivity contribution in [2.24, 2.45) is 0 Å². The van der Waals surface area contributed by atoms with E-state index < -0.39 is 0 Å². The van der Waals surface area contributed by atoms with E-state index in [2.05, 4.69) is 15.5 Å². The fourth-order valence-corrected chi connectivity index (χ4v) is 4.06. The van der Waals surface area contributed by atoms with E-state index in [0.717, 1.165) is 16.9 Å². The van der Waals surface area contributed by atoms with Gasteiger partial charge in [-0.1, -0.05) is 17.7 Å². The summed E-state index contributed by atoms with van der Waals surface area (Å²) in [6.07, 6.45) is 0. The number of urea groups is 1. The van der Waals surface area contributed by atoms with E-state index >= 15 is 0 Å². The lowest BCUT2D eigenvalue weighted by atomic mass is 10.1. The monoisotopic (exact) mass is 481 g/mol. The highest BCUT2D eigenvalue weighted by Gasteiger charge is 2.26. The van der Waals surface area contributed by atoms with Gasteiger partial charge in [0.05, 0.1) is 5.56 Å². The summed E-state index contributed by atoms with van der Waals surface area (Å²) in [5.41, 5.74) is 3.77. The molecule has 2 aromatic rings. The number of piperazine rings is 1. The Kier molecular flexibility index (Phi) is 9.08. The molecule has 0 atom stereocenters. The molecule has 2 aromatic carbocycles. The number of rotatable bonds is 8. The maximum atomic E-state index is 13.3. The molecule has 0 aliphatic carbocycles. The number of carbonyl (C=O) groups excluding carboxylic acids is 3. The summed E-state index contributed by atoms with van der Waals surface area (Å²) in [5, 5.41) is 5.72. The summed E-state index contributed by atoms with van der Waals surface area (Å²) >= 11 is 0. The first kappa shape index (κ1) is 26.0. The minimum Gasteiger partial charge on any atom is -0.375 e. The van der Waals surface area contributed by atoms with Gasteiger partial charge in [0.25, 0.3) is 5.91 Å². The van der Waals surface area contributed by atoms with Crippen LogP contribution in [0, 0.1) is 6.92 Å². The molecule has 0 radical (unpaired) electrons. The first-order valence-corrected chi connectivity index (χ1v) is 12.0. The van der Waals surface area contributed by atoms with Crippen molar-refractivity contribution in [2.45, 2.75) is 20.8 Å². The first-order chi connectivity index (χ1) is 16.9. The van der Waals surface area contributed by atoms with Crippen LogP contribution in [0.25, 0.3) is 0 Å². The second-order valence-electron chi connectivity index (χ2n) is 8.46. The number of amides is 4. The predicted octanol–water partition coefficient (Wildman–Crippen LogP) is 3.42. The molecule has 9 heteroatoms. The number of nitrogens with zero attached hydrogens (tertiary/aromatic N) is 3. The lowest BCUT2D eigenvalue weighted by molar-refractivity contribution is -0.119. The van der Waals surface area contributed by atoms with Crippen LogP contribution < -0.4 is 15.5 Å². The average molecular weight is 482 g/mol. The highest BCUT2D eigenvalue weighted by molar-refractivity contribution is 6.02. The van der Waals surface area contributed by atoms with Crippen molar-refractivity contribution in [1.29, 1.82) is 0 Å². The van der Waals surface area contributed by atoms with Crippen LogP contribution in [0.3, 0.4) is 0 Å². The molecule has 1 aliphatic heterocycles. The molecule has 0 spiro atoms. The van der Waals surface area contributed by atoms with Gasteiger partial charge in [0, 0.05) is 63.4 Å². The van der Waals surface area contributed by atoms with Crippen LogP contribution in [-0.2, 0) is 9.53 Å². The number of aryl methyl sites for hydroxylation is 1. The smallest absolute Gasteiger partial charge is 0.321 e. The standard InChI is InChI=1S/C26H35N5O4/c1-5-29(6-2)25(33)22-17-21(27-24(32)18-35-4)11-12-23(22)30-13-15-31(16-14-30)26(34)28-20-9-7-19(3)8-10-20/h7-12,17H,5-6,13-16,18H2,1-4H3,(H,27,32)(H,28,34). The van der Waals surface area contributed by atoms with E-state index in [1.54, 1.807) is 21.9 Å². The Hall–Kier alpha value is -3.59. The maximum absolute atomic E-state index is 13.3. The van der Waals surface area contributed by atoms with Crippen molar-refractivity contribution < 1.29 is 19.1 Å². The second kappa shape index (κ2) is 12.2. The molecule has 1 fully saturated rings. The van der Waals surface area contributed by atoms with Crippen LogP contribution >= 0.6 is 0 Å². The van der Waals surface area contributed by atoms with Crippen LogP contribution in [0.1, 0.15) is 29.8 Å². The molecule has 0 saturated carbocycles. The number of methoxy groups -OCH3 is 1. The third kappa shape index (κ3) is 6.73.